The lowest BCUT2D eigenvalue weighted by molar-refractivity contribution is -0.268. The van der Waals surface area contributed by atoms with Crippen molar-refractivity contribution in [3.05, 3.63) is 0 Å². The van der Waals surface area contributed by atoms with Crippen LogP contribution < -0.4 is 0 Å². The van der Waals surface area contributed by atoms with E-state index in [1.54, 1.807) is 0 Å². The maximum Gasteiger partial charge on any atom is 0.381 e. The van der Waals surface area contributed by atoms with E-state index in [0.717, 1.165) is 0 Å². The molecule has 0 heterocycles. The Balaban J connectivity index is 4.14. The predicted octanol–water partition coefficient (Wildman–Crippen LogP) is 2.85. The van der Waals surface area contributed by atoms with Crippen molar-refractivity contribution in [2.24, 2.45) is 0 Å². The topological polar surface area (TPSA) is 9.23 Å². The van der Waals surface area contributed by atoms with E-state index < -0.39 is 9.90 Å². The van der Waals surface area contributed by atoms with E-state index in [0.29, 0.717) is 0 Å². The molecule has 0 aliphatic heterocycles. The van der Waals surface area contributed by atoms with Crippen molar-refractivity contribution in [3.8, 4) is 0 Å². The minimum atomic E-state index is -3.85. The van der Waals surface area contributed by atoms with E-state index in [4.69, 9.17) is 0 Å². The van der Waals surface area contributed by atoms with E-state index in [9.17, 15) is 13.3 Å². The summed E-state index contributed by atoms with van der Waals surface area (Å²) < 4.78 is 30.9. The zero-order chi connectivity index (χ0) is 7.71. The average Bonchev–Trinajstić information content (AvgIpc) is 1.64. The van der Waals surface area contributed by atoms with E-state index >= 15 is 0 Å². The summed E-state index contributed by atoms with van der Waals surface area (Å²) in [6.07, 6.45) is 0. The van der Waals surface area contributed by atoms with E-state index in [1.165, 1.54) is 0 Å². The van der Waals surface area contributed by atoms with Crippen LogP contribution in [0, 0.1) is 0 Å². The largest absolute Gasteiger partial charge is 0.381 e. The Bertz CT molecular complexity index is 99.7. The fourth-order valence-electron chi connectivity index (χ4n) is 0.0437. The Morgan fingerprint density at radius 3 is 1.44 bits per heavy atom. The van der Waals surface area contributed by atoms with Crippen LogP contribution in [-0.2, 0) is 4.94 Å². The lowest BCUT2D eigenvalue weighted by Crippen LogP contribution is -2.33. The Labute approximate surface area is 63.5 Å². The van der Waals surface area contributed by atoms with Crippen LogP contribution >= 0.6 is 34.8 Å². The van der Waals surface area contributed by atoms with Crippen molar-refractivity contribution in [3.63, 3.8) is 0 Å². The highest BCUT2D eigenvalue weighted by atomic mass is 35.5. The van der Waals surface area contributed by atoms with Gasteiger partial charge in [-0.05, 0) is 16.1 Å². The average molecular weight is 203 g/mol. The molecule has 0 amide bonds. The molecule has 9 heavy (non-hydrogen) atoms. The van der Waals surface area contributed by atoms with E-state index in [1.807, 2.05) is 0 Å². The van der Waals surface area contributed by atoms with Crippen LogP contribution in [-0.4, -0.2) is 9.90 Å². The summed E-state index contributed by atoms with van der Waals surface area (Å²) in [4.78, 5) is 2.26. The molecular weight excluding hydrogens is 203 g/mol. The van der Waals surface area contributed by atoms with Gasteiger partial charge in [-0.2, -0.15) is 8.78 Å². The molecule has 7 heteroatoms. The van der Waals surface area contributed by atoms with Gasteiger partial charge in [0.2, 0.25) is 0 Å². The lowest BCUT2D eigenvalue weighted by atomic mass is 10.7. The standard InChI is InChI=1S/C2Cl3F3O/c3-1(4,6)2(5,7)9-8. The fraction of sp³-hybridized carbons (Fsp3) is 1.00. The second kappa shape index (κ2) is 2.70. The van der Waals surface area contributed by atoms with Gasteiger partial charge in [-0.25, -0.2) is 0 Å². The summed E-state index contributed by atoms with van der Waals surface area (Å²) >= 11 is 13.0. The molecule has 0 rings (SSSR count). The quantitative estimate of drug-likeness (QED) is 0.627. The molecule has 0 N–H and O–H groups in total. The zero-order valence-corrected chi connectivity index (χ0v) is 5.94. The fourth-order valence-corrected chi connectivity index (χ4v) is 0.102. The van der Waals surface area contributed by atoms with E-state index in [2.05, 4.69) is 39.7 Å². The summed E-state index contributed by atoms with van der Waals surface area (Å²) in [5.74, 6) is 0. The second-order valence-electron chi connectivity index (χ2n) is 1.09. The van der Waals surface area contributed by atoms with Crippen molar-refractivity contribution in [2.45, 2.75) is 9.90 Å². The molecule has 0 saturated carbocycles. The van der Waals surface area contributed by atoms with Crippen molar-refractivity contribution < 1.29 is 18.2 Å². The SMILES string of the molecule is FOC(F)(Cl)C(F)(Cl)Cl. The van der Waals surface area contributed by atoms with Crippen molar-refractivity contribution in [1.82, 2.24) is 0 Å². The van der Waals surface area contributed by atoms with Crippen LogP contribution in [0.4, 0.5) is 13.3 Å². The smallest absolute Gasteiger partial charge is 0.200 e. The van der Waals surface area contributed by atoms with Gasteiger partial charge in [0, 0.05) is 0 Å². The van der Waals surface area contributed by atoms with Crippen LogP contribution in [0.5, 0.6) is 0 Å². The summed E-state index contributed by atoms with van der Waals surface area (Å²) in [6, 6.07) is 0. The molecular formula is C2Cl3F3O. The van der Waals surface area contributed by atoms with Crippen LogP contribution in [0.15, 0.2) is 0 Å². The molecule has 0 radical (unpaired) electrons. The Morgan fingerprint density at radius 2 is 1.44 bits per heavy atom. The first-order valence-corrected chi connectivity index (χ1v) is 2.69. The number of halogens is 6. The van der Waals surface area contributed by atoms with E-state index in [-0.39, 0.29) is 0 Å². The number of rotatable bonds is 2. The summed E-state index contributed by atoms with van der Waals surface area (Å²) in [7, 11) is 0. The lowest BCUT2D eigenvalue weighted by Gasteiger charge is -2.17. The summed E-state index contributed by atoms with van der Waals surface area (Å²) in [6.45, 7) is 0. The normalized spacial score (nSPS) is 19.3. The second-order valence-corrected chi connectivity index (χ2v) is 2.81. The molecule has 0 aromatic rings. The maximum atomic E-state index is 11.9. The molecule has 0 aliphatic carbocycles. The molecule has 0 aliphatic rings. The van der Waals surface area contributed by atoms with Crippen LogP contribution in [0.1, 0.15) is 0 Å². The first-order chi connectivity index (χ1) is 3.81. The first kappa shape index (κ1) is 9.62. The van der Waals surface area contributed by atoms with Gasteiger partial charge in [-0.1, -0.05) is 23.2 Å². The molecule has 56 valence electrons. The number of hydrogen-bond acceptors (Lipinski definition) is 1. The van der Waals surface area contributed by atoms with Gasteiger partial charge in [0.05, 0.1) is 0 Å². The first-order valence-electron chi connectivity index (χ1n) is 1.55. The Kier molecular flexibility index (Phi) is 2.88. The molecule has 0 bridgehead atoms. The van der Waals surface area contributed by atoms with Crippen molar-refractivity contribution in [2.75, 3.05) is 0 Å². The Morgan fingerprint density at radius 1 is 1.11 bits per heavy atom. The highest BCUT2D eigenvalue weighted by Gasteiger charge is 2.53. The zero-order valence-electron chi connectivity index (χ0n) is 3.68. The highest BCUT2D eigenvalue weighted by molar-refractivity contribution is 6.51. The number of alkyl halides is 5. The van der Waals surface area contributed by atoms with Gasteiger partial charge in [0.15, 0.2) is 0 Å². The van der Waals surface area contributed by atoms with Gasteiger partial charge in [0.25, 0.3) is 0 Å². The van der Waals surface area contributed by atoms with Gasteiger partial charge >= 0.3 is 9.90 Å². The van der Waals surface area contributed by atoms with Crippen LogP contribution in [0.3, 0.4) is 0 Å². The molecule has 1 atom stereocenters. The van der Waals surface area contributed by atoms with Crippen molar-refractivity contribution in [1.29, 1.82) is 0 Å². The molecule has 0 spiro atoms. The monoisotopic (exact) mass is 202 g/mol. The molecule has 1 nitrogen and oxygen atoms in total. The molecule has 0 aromatic heterocycles. The third kappa shape index (κ3) is 2.37. The molecule has 0 aromatic carbocycles. The van der Waals surface area contributed by atoms with Crippen molar-refractivity contribution >= 4 is 34.8 Å². The summed E-state index contributed by atoms with van der Waals surface area (Å²) in [5, 5.41) is -3.85. The van der Waals surface area contributed by atoms with Crippen LogP contribution in [0.25, 0.3) is 0 Å². The third-order valence-electron chi connectivity index (χ3n) is 0.427. The third-order valence-corrected chi connectivity index (χ3v) is 1.43. The minimum absolute atomic E-state index is 2.26. The van der Waals surface area contributed by atoms with Gasteiger partial charge in [-0.3, -0.25) is 0 Å². The molecule has 0 saturated heterocycles. The summed E-state index contributed by atoms with van der Waals surface area (Å²) in [5.41, 5.74) is 0. The number of hydrogen-bond donors (Lipinski definition) is 0. The molecule has 0 fully saturated rings. The van der Waals surface area contributed by atoms with Gasteiger partial charge < -0.3 is 0 Å². The Hall–Kier alpha value is 0.620. The minimum Gasteiger partial charge on any atom is -0.200 e. The highest BCUT2D eigenvalue weighted by Crippen LogP contribution is 2.42. The molecule has 1 unspecified atom stereocenters. The van der Waals surface area contributed by atoms with Gasteiger partial charge in [-0.15, -0.1) is 4.94 Å². The van der Waals surface area contributed by atoms with Crippen LogP contribution in [0.2, 0.25) is 0 Å². The van der Waals surface area contributed by atoms with Gasteiger partial charge in [0.1, 0.15) is 0 Å². The maximum absolute atomic E-state index is 11.9. The predicted molar refractivity (Wildman–Crippen MR) is 27.4 cm³/mol.